The maximum atomic E-state index is 10.8. The second kappa shape index (κ2) is 5.36. The monoisotopic (exact) mass is 270 g/mol. The summed E-state index contributed by atoms with van der Waals surface area (Å²) in [5.74, 6) is -0.833. The summed E-state index contributed by atoms with van der Waals surface area (Å²) in [5, 5.41) is 13.1. The van der Waals surface area contributed by atoms with Crippen molar-refractivity contribution in [1.29, 1.82) is 0 Å². The van der Waals surface area contributed by atoms with Gasteiger partial charge >= 0.3 is 5.97 Å². The number of carbonyl (C=O) groups is 1. The lowest BCUT2D eigenvalue weighted by Crippen LogP contribution is -2.35. The first-order valence-corrected chi connectivity index (χ1v) is 6.91. The number of aromatic nitrogens is 1. The molecular formula is C13H22N2O2S. The fourth-order valence-electron chi connectivity index (χ4n) is 1.65. The van der Waals surface area contributed by atoms with Gasteiger partial charge in [-0.25, -0.2) is 4.98 Å². The Morgan fingerprint density at radius 2 is 1.94 bits per heavy atom. The molecule has 0 fully saturated rings. The Labute approximate surface area is 112 Å². The van der Waals surface area contributed by atoms with Crippen molar-refractivity contribution in [2.24, 2.45) is 0 Å². The van der Waals surface area contributed by atoms with Gasteiger partial charge in [0.2, 0.25) is 0 Å². The van der Waals surface area contributed by atoms with E-state index >= 15 is 0 Å². The maximum absolute atomic E-state index is 10.8. The molecule has 2 N–H and O–H groups in total. The van der Waals surface area contributed by atoms with E-state index in [-0.39, 0.29) is 11.5 Å². The van der Waals surface area contributed by atoms with Gasteiger partial charge in [0.05, 0.1) is 10.7 Å². The zero-order chi connectivity index (χ0) is 14.1. The average molecular weight is 270 g/mol. The van der Waals surface area contributed by atoms with Gasteiger partial charge in [-0.3, -0.25) is 10.1 Å². The van der Waals surface area contributed by atoms with Gasteiger partial charge in [-0.1, -0.05) is 20.8 Å². The van der Waals surface area contributed by atoms with Crippen LogP contribution in [0.15, 0.2) is 0 Å². The van der Waals surface area contributed by atoms with Crippen LogP contribution in [0.4, 0.5) is 0 Å². The molecule has 0 saturated heterocycles. The van der Waals surface area contributed by atoms with Crippen LogP contribution in [-0.4, -0.2) is 22.1 Å². The third-order valence-corrected chi connectivity index (χ3v) is 4.50. The van der Waals surface area contributed by atoms with Gasteiger partial charge in [-0.05, 0) is 20.8 Å². The molecular weight excluding hydrogens is 248 g/mol. The molecule has 0 aliphatic heterocycles. The van der Waals surface area contributed by atoms with Crippen molar-refractivity contribution in [1.82, 2.24) is 10.3 Å². The van der Waals surface area contributed by atoms with Gasteiger partial charge in [-0.15, -0.1) is 11.3 Å². The van der Waals surface area contributed by atoms with Crippen LogP contribution in [0.2, 0.25) is 0 Å². The van der Waals surface area contributed by atoms with Crippen LogP contribution in [0.5, 0.6) is 0 Å². The number of carboxylic acid groups (broad SMARTS) is 1. The Kier molecular flexibility index (Phi) is 4.50. The third kappa shape index (κ3) is 3.53. The molecule has 0 amide bonds. The molecule has 1 aromatic heterocycles. The van der Waals surface area contributed by atoms with E-state index < -0.39 is 12.0 Å². The number of nitrogens with one attached hydrogen (secondary N) is 1. The Morgan fingerprint density at radius 3 is 2.33 bits per heavy atom. The number of aryl methyl sites for hydroxylation is 1. The SMILES string of the molecule is Cc1nc(C(C)(C)C)sc1C(C)NC(C)C(=O)O. The minimum Gasteiger partial charge on any atom is -0.480 e. The first kappa shape index (κ1) is 15.1. The van der Waals surface area contributed by atoms with Crippen LogP contribution < -0.4 is 5.32 Å². The van der Waals surface area contributed by atoms with Crippen molar-refractivity contribution in [2.75, 3.05) is 0 Å². The minimum atomic E-state index is -0.833. The molecule has 0 radical (unpaired) electrons. The Hall–Kier alpha value is -0.940. The molecule has 0 saturated carbocycles. The van der Waals surface area contributed by atoms with E-state index in [1.165, 1.54) is 0 Å². The second-order valence-electron chi connectivity index (χ2n) is 5.67. The van der Waals surface area contributed by atoms with E-state index in [4.69, 9.17) is 5.11 Å². The molecule has 102 valence electrons. The minimum absolute atomic E-state index is 0.00435. The van der Waals surface area contributed by atoms with E-state index in [0.717, 1.165) is 15.6 Å². The van der Waals surface area contributed by atoms with Gasteiger partial charge < -0.3 is 5.11 Å². The van der Waals surface area contributed by atoms with Crippen LogP contribution in [0.3, 0.4) is 0 Å². The summed E-state index contributed by atoms with van der Waals surface area (Å²) in [6.07, 6.45) is 0. The van der Waals surface area contributed by atoms with Crippen molar-refractivity contribution in [3.63, 3.8) is 0 Å². The smallest absolute Gasteiger partial charge is 0.320 e. The molecule has 2 atom stereocenters. The summed E-state index contributed by atoms with van der Waals surface area (Å²) in [6.45, 7) is 12.0. The van der Waals surface area contributed by atoms with Gasteiger partial charge in [0.15, 0.2) is 0 Å². The number of nitrogens with zero attached hydrogens (tertiary/aromatic N) is 1. The Bertz CT molecular complexity index is 435. The van der Waals surface area contributed by atoms with Crippen LogP contribution in [0.25, 0.3) is 0 Å². The molecule has 1 aromatic rings. The highest BCUT2D eigenvalue weighted by Crippen LogP contribution is 2.32. The lowest BCUT2D eigenvalue weighted by molar-refractivity contribution is -0.139. The van der Waals surface area contributed by atoms with Gasteiger partial charge in [-0.2, -0.15) is 0 Å². The average Bonchev–Trinajstić information content (AvgIpc) is 2.59. The predicted molar refractivity (Wildman–Crippen MR) is 74.2 cm³/mol. The summed E-state index contributed by atoms with van der Waals surface area (Å²) in [7, 11) is 0. The topological polar surface area (TPSA) is 62.2 Å². The number of carboxylic acids is 1. The number of thiazole rings is 1. The van der Waals surface area contributed by atoms with Crippen LogP contribution >= 0.6 is 11.3 Å². The fraction of sp³-hybridized carbons (Fsp3) is 0.692. The van der Waals surface area contributed by atoms with Crippen molar-refractivity contribution in [2.45, 2.75) is 59.0 Å². The van der Waals surface area contributed by atoms with Gasteiger partial charge in [0, 0.05) is 16.3 Å². The highest BCUT2D eigenvalue weighted by molar-refractivity contribution is 7.12. The molecule has 0 aromatic carbocycles. The van der Waals surface area contributed by atoms with Crippen LogP contribution in [0.1, 0.15) is 56.2 Å². The highest BCUT2D eigenvalue weighted by atomic mass is 32.1. The van der Waals surface area contributed by atoms with Crippen molar-refractivity contribution in [3.05, 3.63) is 15.6 Å². The van der Waals surface area contributed by atoms with Crippen molar-refractivity contribution >= 4 is 17.3 Å². The van der Waals surface area contributed by atoms with E-state index in [2.05, 4.69) is 31.1 Å². The fourth-order valence-corrected chi connectivity index (χ4v) is 2.79. The zero-order valence-corrected chi connectivity index (χ0v) is 12.7. The van der Waals surface area contributed by atoms with E-state index in [0.29, 0.717) is 0 Å². The first-order chi connectivity index (χ1) is 8.12. The molecule has 0 aliphatic carbocycles. The van der Waals surface area contributed by atoms with E-state index in [1.54, 1.807) is 18.3 Å². The van der Waals surface area contributed by atoms with Crippen LogP contribution in [0, 0.1) is 6.92 Å². The summed E-state index contributed by atoms with van der Waals surface area (Å²) in [4.78, 5) is 16.5. The summed E-state index contributed by atoms with van der Waals surface area (Å²) in [6, 6.07) is -0.552. The molecule has 2 unspecified atom stereocenters. The summed E-state index contributed by atoms with van der Waals surface area (Å²) >= 11 is 1.66. The normalized spacial score (nSPS) is 15.4. The quantitative estimate of drug-likeness (QED) is 0.883. The number of hydrogen-bond acceptors (Lipinski definition) is 4. The maximum Gasteiger partial charge on any atom is 0.320 e. The third-order valence-electron chi connectivity index (χ3n) is 2.74. The van der Waals surface area contributed by atoms with Gasteiger partial charge in [0.1, 0.15) is 6.04 Å². The molecule has 5 heteroatoms. The number of hydrogen-bond donors (Lipinski definition) is 2. The van der Waals surface area contributed by atoms with E-state index in [1.807, 2.05) is 13.8 Å². The lowest BCUT2D eigenvalue weighted by Gasteiger charge is -2.16. The van der Waals surface area contributed by atoms with Crippen molar-refractivity contribution in [3.8, 4) is 0 Å². The van der Waals surface area contributed by atoms with E-state index in [9.17, 15) is 4.79 Å². The number of aliphatic carboxylic acids is 1. The lowest BCUT2D eigenvalue weighted by atomic mass is 9.98. The highest BCUT2D eigenvalue weighted by Gasteiger charge is 2.23. The Morgan fingerprint density at radius 1 is 1.39 bits per heavy atom. The van der Waals surface area contributed by atoms with Crippen LogP contribution in [-0.2, 0) is 10.2 Å². The second-order valence-corrected chi connectivity index (χ2v) is 6.70. The zero-order valence-electron chi connectivity index (χ0n) is 11.9. The molecule has 1 rings (SSSR count). The molecule has 0 aliphatic rings. The molecule has 0 bridgehead atoms. The van der Waals surface area contributed by atoms with Crippen molar-refractivity contribution < 1.29 is 9.90 Å². The predicted octanol–water partition coefficient (Wildman–Crippen LogP) is 2.87. The first-order valence-electron chi connectivity index (χ1n) is 6.09. The molecule has 4 nitrogen and oxygen atoms in total. The molecule has 18 heavy (non-hydrogen) atoms. The summed E-state index contributed by atoms with van der Waals surface area (Å²) in [5.41, 5.74) is 1.02. The largest absolute Gasteiger partial charge is 0.480 e. The molecule has 1 heterocycles. The van der Waals surface area contributed by atoms with Gasteiger partial charge in [0.25, 0.3) is 0 Å². The standard InChI is InChI=1S/C13H22N2O2S/c1-7(14-9(3)11(16)17)10-8(2)15-12(18-10)13(4,5)6/h7,9,14H,1-6H3,(H,16,17). The molecule has 0 spiro atoms. The number of rotatable bonds is 4. The Balaban J connectivity index is 2.90. The summed E-state index contributed by atoms with van der Waals surface area (Å²) < 4.78 is 0.